The van der Waals surface area contributed by atoms with Gasteiger partial charge in [-0.1, -0.05) is 31.2 Å². The Kier molecular flexibility index (Phi) is 4.93. The smallest absolute Gasteiger partial charge is 0.340 e. The third-order valence-corrected chi connectivity index (χ3v) is 3.30. The Morgan fingerprint density at radius 1 is 1.14 bits per heavy atom. The molecule has 2 aromatic rings. The Bertz CT molecular complexity index is 623. The van der Waals surface area contributed by atoms with E-state index in [1.807, 2.05) is 0 Å². The van der Waals surface area contributed by atoms with Crippen LogP contribution < -0.4 is 5.32 Å². The number of anilines is 1. The number of methoxy groups -OCH3 is 1. The van der Waals surface area contributed by atoms with Gasteiger partial charge in [-0.15, -0.1) is 0 Å². The minimum absolute atomic E-state index is 0.0659. The third-order valence-electron chi connectivity index (χ3n) is 3.30. The van der Waals surface area contributed by atoms with Gasteiger partial charge in [-0.3, -0.25) is 0 Å². The van der Waals surface area contributed by atoms with Crippen molar-refractivity contribution in [3.63, 3.8) is 0 Å². The fourth-order valence-corrected chi connectivity index (χ4v) is 2.00. The fourth-order valence-electron chi connectivity index (χ4n) is 2.00. The molecule has 0 bridgehead atoms. The van der Waals surface area contributed by atoms with Gasteiger partial charge < -0.3 is 10.1 Å². The topological polar surface area (TPSA) is 38.3 Å². The van der Waals surface area contributed by atoms with Gasteiger partial charge in [-0.25, -0.2) is 9.18 Å². The number of carbonyl (C=O) groups is 1. The van der Waals surface area contributed by atoms with Gasteiger partial charge in [0.15, 0.2) is 0 Å². The summed E-state index contributed by atoms with van der Waals surface area (Å²) in [5, 5.41) is 3.17. The Morgan fingerprint density at radius 3 is 2.43 bits per heavy atom. The predicted octanol–water partition coefficient (Wildman–Crippen LogP) is 3.79. The number of hydrogen-bond acceptors (Lipinski definition) is 3. The van der Waals surface area contributed by atoms with Crippen LogP contribution in [0.15, 0.2) is 42.5 Å². The predicted molar refractivity (Wildman–Crippen MR) is 80.9 cm³/mol. The Balaban J connectivity index is 2.07. The largest absolute Gasteiger partial charge is 0.465 e. The molecule has 0 unspecified atom stereocenters. The van der Waals surface area contributed by atoms with Gasteiger partial charge in [0.1, 0.15) is 5.82 Å². The van der Waals surface area contributed by atoms with Crippen LogP contribution in [0, 0.1) is 5.82 Å². The first-order chi connectivity index (χ1) is 10.1. The summed E-state index contributed by atoms with van der Waals surface area (Å²) in [5.74, 6) is -1.26. The first-order valence-electron chi connectivity index (χ1n) is 6.83. The highest BCUT2D eigenvalue weighted by molar-refractivity contribution is 5.90. The zero-order valence-corrected chi connectivity index (χ0v) is 12.2. The number of esters is 1. The van der Waals surface area contributed by atoms with Crippen LogP contribution in [-0.2, 0) is 17.7 Å². The first-order valence-corrected chi connectivity index (χ1v) is 6.83. The molecule has 0 aliphatic carbocycles. The van der Waals surface area contributed by atoms with Crippen LogP contribution >= 0.6 is 0 Å². The van der Waals surface area contributed by atoms with Gasteiger partial charge in [0.25, 0.3) is 0 Å². The van der Waals surface area contributed by atoms with Gasteiger partial charge >= 0.3 is 5.97 Å². The molecular formula is C17H18FNO2. The average molecular weight is 287 g/mol. The van der Waals surface area contributed by atoms with Crippen molar-refractivity contribution in [2.75, 3.05) is 12.4 Å². The number of halogens is 1. The maximum absolute atomic E-state index is 13.5. The summed E-state index contributed by atoms with van der Waals surface area (Å²) in [5.41, 5.74) is 3.02. The summed E-state index contributed by atoms with van der Waals surface area (Å²) in [6.45, 7) is 2.72. The van der Waals surface area contributed by atoms with Crippen LogP contribution in [0.1, 0.15) is 28.4 Å². The molecule has 0 aliphatic heterocycles. The van der Waals surface area contributed by atoms with Crippen LogP contribution in [-0.4, -0.2) is 13.1 Å². The average Bonchev–Trinajstić information content (AvgIpc) is 2.53. The van der Waals surface area contributed by atoms with E-state index < -0.39 is 11.8 Å². The Hall–Kier alpha value is -2.36. The van der Waals surface area contributed by atoms with Gasteiger partial charge in [-0.2, -0.15) is 0 Å². The third kappa shape index (κ3) is 3.81. The highest BCUT2D eigenvalue weighted by Crippen LogP contribution is 2.17. The molecule has 0 heterocycles. The molecule has 0 aliphatic rings. The second kappa shape index (κ2) is 6.88. The minimum atomic E-state index is -0.677. The highest BCUT2D eigenvalue weighted by Gasteiger charge is 2.12. The van der Waals surface area contributed by atoms with Crippen LogP contribution in [0.3, 0.4) is 0 Å². The van der Waals surface area contributed by atoms with Crippen molar-refractivity contribution < 1.29 is 13.9 Å². The molecule has 0 atom stereocenters. The standard InChI is InChI=1S/C17H18FNO2/c1-3-12-4-6-13(7-5-12)11-19-14-8-9-16(18)15(10-14)17(20)21-2/h4-10,19H,3,11H2,1-2H3. The van der Waals surface area contributed by atoms with Crippen LogP contribution in [0.4, 0.5) is 10.1 Å². The van der Waals surface area contributed by atoms with E-state index in [1.54, 1.807) is 6.07 Å². The van der Waals surface area contributed by atoms with Crippen molar-refractivity contribution in [2.24, 2.45) is 0 Å². The highest BCUT2D eigenvalue weighted by atomic mass is 19.1. The number of hydrogen-bond donors (Lipinski definition) is 1. The molecule has 0 saturated carbocycles. The molecule has 0 fully saturated rings. The molecule has 0 aromatic heterocycles. The quantitative estimate of drug-likeness (QED) is 0.850. The van der Waals surface area contributed by atoms with Crippen molar-refractivity contribution in [3.05, 3.63) is 65.0 Å². The molecule has 0 spiro atoms. The second-order valence-electron chi connectivity index (χ2n) is 4.71. The number of carbonyl (C=O) groups excluding carboxylic acids is 1. The van der Waals surface area contributed by atoms with E-state index >= 15 is 0 Å². The Labute approximate surface area is 123 Å². The lowest BCUT2D eigenvalue weighted by Crippen LogP contribution is -2.06. The van der Waals surface area contributed by atoms with Crippen molar-refractivity contribution in [1.29, 1.82) is 0 Å². The molecule has 2 aromatic carbocycles. The monoisotopic (exact) mass is 287 g/mol. The van der Waals surface area contributed by atoms with E-state index in [-0.39, 0.29) is 5.56 Å². The van der Waals surface area contributed by atoms with E-state index in [0.29, 0.717) is 12.2 Å². The van der Waals surface area contributed by atoms with Crippen LogP contribution in [0.2, 0.25) is 0 Å². The summed E-state index contributed by atoms with van der Waals surface area (Å²) in [6, 6.07) is 12.6. The molecule has 110 valence electrons. The molecule has 0 radical (unpaired) electrons. The second-order valence-corrected chi connectivity index (χ2v) is 4.71. The number of ether oxygens (including phenoxy) is 1. The molecule has 0 saturated heterocycles. The summed E-state index contributed by atoms with van der Waals surface area (Å²) in [4.78, 5) is 11.4. The molecular weight excluding hydrogens is 269 g/mol. The maximum atomic E-state index is 13.5. The van der Waals surface area contributed by atoms with Gasteiger partial charge in [0.05, 0.1) is 12.7 Å². The number of nitrogens with one attached hydrogen (secondary N) is 1. The van der Waals surface area contributed by atoms with E-state index in [1.165, 1.54) is 24.8 Å². The Morgan fingerprint density at radius 2 is 1.81 bits per heavy atom. The van der Waals surface area contributed by atoms with E-state index in [0.717, 1.165) is 12.0 Å². The molecule has 21 heavy (non-hydrogen) atoms. The number of rotatable bonds is 5. The lowest BCUT2D eigenvalue weighted by Gasteiger charge is -2.09. The SMILES string of the molecule is CCc1ccc(CNc2ccc(F)c(C(=O)OC)c2)cc1. The van der Waals surface area contributed by atoms with Gasteiger partial charge in [0.2, 0.25) is 0 Å². The van der Waals surface area contributed by atoms with Crippen molar-refractivity contribution >= 4 is 11.7 Å². The molecule has 0 amide bonds. The molecule has 4 heteroatoms. The summed E-state index contributed by atoms with van der Waals surface area (Å²) < 4.78 is 18.1. The fraction of sp³-hybridized carbons (Fsp3) is 0.235. The number of aryl methyl sites for hydroxylation is 1. The summed E-state index contributed by atoms with van der Waals surface area (Å²) >= 11 is 0. The van der Waals surface area contributed by atoms with Crippen molar-refractivity contribution in [3.8, 4) is 0 Å². The van der Waals surface area contributed by atoms with Crippen LogP contribution in [0.5, 0.6) is 0 Å². The van der Waals surface area contributed by atoms with Crippen LogP contribution in [0.25, 0.3) is 0 Å². The molecule has 3 nitrogen and oxygen atoms in total. The lowest BCUT2D eigenvalue weighted by molar-refractivity contribution is 0.0595. The van der Waals surface area contributed by atoms with E-state index in [2.05, 4.69) is 41.2 Å². The lowest BCUT2D eigenvalue weighted by atomic mass is 10.1. The zero-order chi connectivity index (χ0) is 15.2. The van der Waals surface area contributed by atoms with Gasteiger partial charge in [-0.05, 0) is 35.7 Å². The number of benzene rings is 2. The van der Waals surface area contributed by atoms with E-state index in [4.69, 9.17) is 0 Å². The summed E-state index contributed by atoms with van der Waals surface area (Å²) in [6.07, 6.45) is 1.01. The minimum Gasteiger partial charge on any atom is -0.465 e. The summed E-state index contributed by atoms with van der Waals surface area (Å²) in [7, 11) is 1.23. The normalized spacial score (nSPS) is 10.2. The first kappa shape index (κ1) is 15.0. The maximum Gasteiger partial charge on any atom is 0.340 e. The zero-order valence-electron chi connectivity index (χ0n) is 12.2. The van der Waals surface area contributed by atoms with E-state index in [9.17, 15) is 9.18 Å². The van der Waals surface area contributed by atoms with Crippen molar-refractivity contribution in [1.82, 2.24) is 0 Å². The molecule has 1 N–H and O–H groups in total. The van der Waals surface area contributed by atoms with Gasteiger partial charge in [0, 0.05) is 12.2 Å². The molecule has 2 rings (SSSR count). The van der Waals surface area contributed by atoms with Crippen molar-refractivity contribution in [2.45, 2.75) is 19.9 Å².